The topological polar surface area (TPSA) is 81.2 Å². The van der Waals surface area contributed by atoms with Crippen LogP contribution < -0.4 is 0 Å². The number of aryl methyl sites for hydroxylation is 1. The molecule has 0 bridgehead atoms. The minimum absolute atomic E-state index is 0.0171. The van der Waals surface area contributed by atoms with Crippen molar-refractivity contribution in [1.29, 1.82) is 0 Å². The number of nitro groups is 1. The van der Waals surface area contributed by atoms with Gasteiger partial charge in [-0.25, -0.2) is 0 Å². The zero-order valence-corrected chi connectivity index (χ0v) is 10.4. The second kappa shape index (κ2) is 5.19. The normalized spacial score (nSPS) is 10.6. The van der Waals surface area contributed by atoms with Crippen LogP contribution in [0.5, 0.6) is 0 Å². The zero-order valence-electron chi connectivity index (χ0n) is 9.61. The Balaban J connectivity index is 2.27. The van der Waals surface area contributed by atoms with E-state index in [4.69, 9.17) is 5.11 Å². The van der Waals surface area contributed by atoms with Crippen LogP contribution in [0.2, 0.25) is 0 Å². The Bertz CT molecular complexity index is 565. The zero-order chi connectivity index (χ0) is 13.1. The molecular formula is C11H11N3O3S. The lowest BCUT2D eigenvalue weighted by Gasteiger charge is -2.03. The molecule has 2 aromatic rings. The molecule has 18 heavy (non-hydrogen) atoms. The molecule has 1 aromatic carbocycles. The first-order chi connectivity index (χ1) is 8.61. The monoisotopic (exact) mass is 265 g/mol. The van der Waals surface area contributed by atoms with E-state index in [1.807, 2.05) is 12.1 Å². The van der Waals surface area contributed by atoms with E-state index in [-0.39, 0.29) is 12.4 Å². The lowest BCUT2D eigenvalue weighted by Crippen LogP contribution is -1.93. The van der Waals surface area contributed by atoms with Crippen LogP contribution in [0.25, 0.3) is 0 Å². The Hall–Kier alpha value is -1.86. The molecule has 0 fully saturated rings. The van der Waals surface area contributed by atoms with Crippen LogP contribution in [0.1, 0.15) is 5.56 Å². The van der Waals surface area contributed by atoms with Crippen LogP contribution in [0.15, 0.2) is 40.5 Å². The number of benzene rings is 1. The van der Waals surface area contributed by atoms with Gasteiger partial charge in [0.25, 0.3) is 0 Å². The minimum atomic E-state index is -0.496. The highest BCUT2D eigenvalue weighted by Gasteiger charge is 2.20. The summed E-state index contributed by atoms with van der Waals surface area (Å²) in [6, 6.07) is 7.19. The lowest BCUT2D eigenvalue weighted by molar-refractivity contribution is -0.392. The fourth-order valence-corrected chi connectivity index (χ4v) is 2.33. The van der Waals surface area contributed by atoms with Crippen molar-refractivity contribution in [2.45, 2.75) is 16.5 Å². The Kier molecular flexibility index (Phi) is 3.63. The quantitative estimate of drug-likeness (QED) is 0.675. The van der Waals surface area contributed by atoms with E-state index in [0.29, 0.717) is 5.03 Å². The van der Waals surface area contributed by atoms with Gasteiger partial charge in [0.15, 0.2) is 5.03 Å². The van der Waals surface area contributed by atoms with Gasteiger partial charge >= 0.3 is 5.82 Å². The van der Waals surface area contributed by atoms with Gasteiger partial charge in [-0.2, -0.15) is 0 Å². The van der Waals surface area contributed by atoms with Crippen LogP contribution in [0.3, 0.4) is 0 Å². The van der Waals surface area contributed by atoms with Crippen molar-refractivity contribution in [3.63, 3.8) is 0 Å². The predicted octanol–water partition coefficient (Wildman–Crippen LogP) is 1.97. The first kappa shape index (κ1) is 12.6. The van der Waals surface area contributed by atoms with Crippen molar-refractivity contribution in [1.82, 2.24) is 9.55 Å². The van der Waals surface area contributed by atoms with Gasteiger partial charge in [-0.15, -0.1) is 0 Å². The molecule has 6 nitrogen and oxygen atoms in total. The molecule has 0 saturated carbocycles. The fraction of sp³-hybridized carbons (Fsp3) is 0.182. The second-order valence-electron chi connectivity index (χ2n) is 3.65. The van der Waals surface area contributed by atoms with Crippen LogP contribution in [-0.4, -0.2) is 19.6 Å². The fourth-order valence-electron chi connectivity index (χ4n) is 1.42. The first-order valence-corrected chi connectivity index (χ1v) is 5.97. The Labute approximate surface area is 107 Å². The van der Waals surface area contributed by atoms with Crippen LogP contribution in [0.4, 0.5) is 5.82 Å². The molecule has 0 saturated heterocycles. The number of rotatable bonds is 4. The maximum atomic E-state index is 10.8. The van der Waals surface area contributed by atoms with Crippen molar-refractivity contribution in [3.05, 3.63) is 46.3 Å². The highest BCUT2D eigenvalue weighted by Crippen LogP contribution is 2.33. The highest BCUT2D eigenvalue weighted by atomic mass is 32.2. The molecule has 0 amide bonds. The van der Waals surface area contributed by atoms with Crippen molar-refractivity contribution in [2.75, 3.05) is 0 Å². The highest BCUT2D eigenvalue weighted by molar-refractivity contribution is 7.99. The summed E-state index contributed by atoms with van der Waals surface area (Å²) in [5.41, 5.74) is 0.804. The number of hydrogen-bond acceptors (Lipinski definition) is 5. The van der Waals surface area contributed by atoms with E-state index in [1.54, 1.807) is 23.7 Å². The third kappa shape index (κ3) is 2.52. The summed E-state index contributed by atoms with van der Waals surface area (Å²) in [6.07, 6.45) is 1.42. The summed E-state index contributed by atoms with van der Waals surface area (Å²) in [5.74, 6) is -0.145. The van der Waals surface area contributed by atoms with E-state index in [1.165, 1.54) is 18.1 Å². The maximum Gasteiger partial charge on any atom is 0.396 e. The van der Waals surface area contributed by atoms with Crippen molar-refractivity contribution >= 4 is 17.6 Å². The Morgan fingerprint density at radius 3 is 2.67 bits per heavy atom. The summed E-state index contributed by atoms with van der Waals surface area (Å²) >= 11 is 1.27. The molecule has 0 unspecified atom stereocenters. The molecule has 0 radical (unpaired) electrons. The number of nitrogens with zero attached hydrogens (tertiary/aromatic N) is 3. The van der Waals surface area contributed by atoms with Gasteiger partial charge in [0.2, 0.25) is 6.33 Å². The van der Waals surface area contributed by atoms with Gasteiger partial charge < -0.3 is 19.8 Å². The molecule has 1 aromatic heterocycles. The van der Waals surface area contributed by atoms with E-state index >= 15 is 0 Å². The molecule has 0 aliphatic carbocycles. The van der Waals surface area contributed by atoms with Gasteiger partial charge in [-0.1, -0.05) is 23.9 Å². The Morgan fingerprint density at radius 2 is 2.11 bits per heavy atom. The molecule has 0 spiro atoms. The van der Waals surface area contributed by atoms with Gasteiger partial charge in [-0.05, 0) is 27.6 Å². The molecule has 7 heteroatoms. The van der Waals surface area contributed by atoms with Gasteiger partial charge in [-0.3, -0.25) is 0 Å². The number of hydrogen-bond donors (Lipinski definition) is 1. The molecule has 1 heterocycles. The molecule has 0 atom stereocenters. The lowest BCUT2D eigenvalue weighted by atomic mass is 10.2. The number of imidazole rings is 1. The van der Waals surface area contributed by atoms with Crippen LogP contribution in [0, 0.1) is 10.1 Å². The van der Waals surface area contributed by atoms with E-state index < -0.39 is 4.92 Å². The predicted molar refractivity (Wildman–Crippen MR) is 66.4 cm³/mol. The van der Waals surface area contributed by atoms with Gasteiger partial charge in [0.1, 0.15) is 0 Å². The summed E-state index contributed by atoms with van der Waals surface area (Å²) in [6.45, 7) is -0.0171. The summed E-state index contributed by atoms with van der Waals surface area (Å²) < 4.78 is 1.61. The molecule has 0 aliphatic heterocycles. The average molecular weight is 265 g/mol. The number of aliphatic hydroxyl groups is 1. The summed E-state index contributed by atoms with van der Waals surface area (Å²) in [5, 5.41) is 20.2. The van der Waals surface area contributed by atoms with Crippen molar-refractivity contribution < 1.29 is 10.0 Å². The smallest absolute Gasteiger partial charge is 0.392 e. The Morgan fingerprint density at radius 1 is 1.44 bits per heavy atom. The minimum Gasteiger partial charge on any atom is -0.392 e. The summed E-state index contributed by atoms with van der Waals surface area (Å²) in [4.78, 5) is 14.9. The van der Waals surface area contributed by atoms with E-state index in [0.717, 1.165) is 10.5 Å². The number of aliphatic hydroxyl groups excluding tert-OH is 1. The summed E-state index contributed by atoms with van der Waals surface area (Å²) in [7, 11) is 1.71. The molecule has 2 rings (SSSR count). The van der Waals surface area contributed by atoms with Crippen LogP contribution in [-0.2, 0) is 13.7 Å². The third-order valence-corrected chi connectivity index (χ3v) is 3.53. The first-order valence-electron chi connectivity index (χ1n) is 5.15. The molecule has 94 valence electrons. The van der Waals surface area contributed by atoms with Gasteiger partial charge in [0, 0.05) is 11.9 Å². The average Bonchev–Trinajstić information content (AvgIpc) is 2.72. The van der Waals surface area contributed by atoms with Gasteiger partial charge in [0.05, 0.1) is 6.61 Å². The molecule has 0 aliphatic rings. The number of aromatic nitrogens is 2. The van der Waals surface area contributed by atoms with Crippen molar-refractivity contribution in [3.8, 4) is 0 Å². The molecular weight excluding hydrogens is 254 g/mol. The maximum absolute atomic E-state index is 10.8. The standard InChI is InChI=1S/C11H11N3O3S/c1-13-7-12-10(14(16)17)11(13)18-9-4-2-8(6-15)3-5-9/h2-5,7,15H,6H2,1H3. The SMILES string of the molecule is Cn1cnc([N+](=O)[O-])c1Sc1ccc(CO)cc1. The van der Waals surface area contributed by atoms with Crippen LogP contribution >= 0.6 is 11.8 Å². The van der Waals surface area contributed by atoms with E-state index in [2.05, 4.69) is 4.98 Å². The second-order valence-corrected chi connectivity index (χ2v) is 4.71. The van der Waals surface area contributed by atoms with E-state index in [9.17, 15) is 10.1 Å². The largest absolute Gasteiger partial charge is 0.396 e. The third-order valence-electron chi connectivity index (χ3n) is 2.36. The molecule has 1 N–H and O–H groups in total. The van der Waals surface area contributed by atoms with Crippen molar-refractivity contribution in [2.24, 2.45) is 7.05 Å².